The Morgan fingerprint density at radius 3 is 1.47 bits per heavy atom. The Morgan fingerprint density at radius 1 is 0.781 bits per heavy atom. The Hall–Kier alpha value is -1.48. The first-order valence-electron chi connectivity index (χ1n) is 10.9. The number of ether oxygens (including phenoxy) is 2. The van der Waals surface area contributed by atoms with Gasteiger partial charge in [0, 0.05) is 0 Å². The van der Waals surface area contributed by atoms with Crippen molar-refractivity contribution < 1.29 is 45.4 Å². The lowest BCUT2D eigenvalue weighted by molar-refractivity contribution is -0.315. The molecule has 32 heavy (non-hydrogen) atoms. The Labute approximate surface area is 186 Å². The molecule has 0 aromatic rings. The molecule has 0 amide bonds. The predicted octanol–water partition coefficient (Wildman–Crippen LogP) is 7.15. The van der Waals surface area contributed by atoms with Crippen LogP contribution in [0.15, 0.2) is 0 Å². The molecule has 0 aromatic carbocycles. The number of carbonyl (C=O) groups is 2. The third kappa shape index (κ3) is 8.81. The van der Waals surface area contributed by atoms with Crippen LogP contribution in [-0.4, -0.2) is 36.0 Å². The molecular weight excluding hydrogens is 442 g/mol. The van der Waals surface area contributed by atoms with Gasteiger partial charge in [0.15, 0.2) is 0 Å². The molecule has 0 heterocycles. The first kappa shape index (κ1) is 30.5. The van der Waals surface area contributed by atoms with E-state index < -0.39 is 29.8 Å². The Morgan fingerprint density at radius 2 is 1.16 bits per heavy atom. The average molecular weight is 479 g/mol. The van der Waals surface area contributed by atoms with Crippen LogP contribution in [0.2, 0.25) is 0 Å². The second-order valence-corrected chi connectivity index (χ2v) is 9.48. The van der Waals surface area contributed by atoms with Crippen molar-refractivity contribution in [3.63, 3.8) is 0 Å². The lowest BCUT2D eigenvalue weighted by atomic mass is 9.89. The van der Waals surface area contributed by atoms with Gasteiger partial charge in [-0.05, 0) is 72.6 Å². The number of hydrogen-bond acceptors (Lipinski definition) is 4. The van der Waals surface area contributed by atoms with Crippen LogP contribution < -0.4 is 0 Å². The van der Waals surface area contributed by atoms with Gasteiger partial charge in [-0.15, -0.1) is 0 Å². The smallest absolute Gasteiger partial charge is 0.434 e. The van der Waals surface area contributed by atoms with Gasteiger partial charge in [0.25, 0.3) is 6.10 Å². The first-order chi connectivity index (χ1) is 14.3. The number of hydrogen-bond donors (Lipinski definition) is 0. The Balaban J connectivity index is 0.000000604. The Bertz CT molecular complexity index is 603. The summed E-state index contributed by atoms with van der Waals surface area (Å²) in [5.74, 6) is -1.55. The summed E-state index contributed by atoms with van der Waals surface area (Å²) in [6.45, 7) is 12.0. The molecule has 1 aliphatic rings. The summed E-state index contributed by atoms with van der Waals surface area (Å²) >= 11 is 0. The summed E-state index contributed by atoms with van der Waals surface area (Å²) < 4.78 is 81.7. The van der Waals surface area contributed by atoms with E-state index in [1.807, 2.05) is 20.8 Å². The second-order valence-electron chi connectivity index (χ2n) is 9.48. The molecule has 0 bridgehead atoms. The van der Waals surface area contributed by atoms with E-state index in [0.717, 1.165) is 25.7 Å². The number of rotatable bonds is 7. The highest BCUT2D eigenvalue weighted by Gasteiger charge is 2.60. The highest BCUT2D eigenvalue weighted by Crippen LogP contribution is 2.39. The minimum atomic E-state index is -5.67. The molecule has 0 N–H and O–H groups in total. The van der Waals surface area contributed by atoms with E-state index in [1.54, 1.807) is 0 Å². The van der Waals surface area contributed by atoms with Crippen molar-refractivity contribution >= 4 is 11.9 Å². The largest absolute Gasteiger partial charge is 0.459 e. The molecule has 1 fully saturated rings. The van der Waals surface area contributed by atoms with Crippen LogP contribution in [0.5, 0.6) is 0 Å². The topological polar surface area (TPSA) is 52.6 Å². The van der Waals surface area contributed by atoms with Gasteiger partial charge in [0.05, 0.1) is 10.8 Å². The number of alkyl halides is 6. The fraction of sp³-hybridized carbons (Fsp3) is 0.909. The molecule has 0 atom stereocenters. The molecule has 0 aliphatic heterocycles. The maximum atomic E-state index is 12.1. The fourth-order valence-corrected chi connectivity index (χ4v) is 2.76. The van der Waals surface area contributed by atoms with Gasteiger partial charge < -0.3 is 9.47 Å². The number of esters is 2. The lowest BCUT2D eigenvalue weighted by Crippen LogP contribution is -2.47. The maximum Gasteiger partial charge on any atom is 0.434 e. The summed E-state index contributed by atoms with van der Waals surface area (Å²) in [6, 6.07) is 0. The summed E-state index contributed by atoms with van der Waals surface area (Å²) in [5, 5.41) is 0. The van der Waals surface area contributed by atoms with Gasteiger partial charge in [-0.3, -0.25) is 9.59 Å². The van der Waals surface area contributed by atoms with Crippen LogP contribution in [-0.2, 0) is 19.1 Å². The molecule has 0 radical (unpaired) electrons. The zero-order chi connectivity index (χ0) is 25.6. The highest BCUT2D eigenvalue weighted by atomic mass is 19.4. The van der Waals surface area contributed by atoms with E-state index in [1.165, 1.54) is 33.6 Å². The molecule has 0 saturated heterocycles. The number of halogens is 6. The zero-order valence-corrected chi connectivity index (χ0v) is 19.9. The highest BCUT2D eigenvalue weighted by molar-refractivity contribution is 5.76. The molecule has 1 rings (SSSR count). The molecule has 0 unspecified atom stereocenters. The standard InChI is InChI=1S/C13H24O2.C9H12F6O2/c1-5-12(3,4)11(14)15-13(6-2)9-7-8-10-13;1-4-7(2,3)6(16)17-5(8(10,11)12)9(13,14)15/h5-10H2,1-4H3;5H,4H2,1-3H3. The quantitative estimate of drug-likeness (QED) is 0.288. The van der Waals surface area contributed by atoms with E-state index in [0.29, 0.717) is 0 Å². The second kappa shape index (κ2) is 11.1. The van der Waals surface area contributed by atoms with Crippen molar-refractivity contribution in [3.8, 4) is 0 Å². The van der Waals surface area contributed by atoms with Crippen molar-refractivity contribution in [1.82, 2.24) is 0 Å². The molecule has 1 saturated carbocycles. The normalized spacial score (nSPS) is 16.9. The van der Waals surface area contributed by atoms with Crippen molar-refractivity contribution in [1.29, 1.82) is 0 Å². The maximum absolute atomic E-state index is 12.1. The summed E-state index contributed by atoms with van der Waals surface area (Å²) in [6.07, 6.45) is -9.05. The van der Waals surface area contributed by atoms with Crippen molar-refractivity contribution in [2.75, 3.05) is 0 Å². The zero-order valence-electron chi connectivity index (χ0n) is 19.9. The van der Waals surface area contributed by atoms with Crippen molar-refractivity contribution in [2.45, 2.75) is 117 Å². The van der Waals surface area contributed by atoms with Crippen LogP contribution >= 0.6 is 0 Å². The monoisotopic (exact) mass is 478 g/mol. The minimum Gasteiger partial charge on any atom is -0.459 e. The summed E-state index contributed by atoms with van der Waals surface area (Å²) in [5.41, 5.74) is -1.86. The van der Waals surface area contributed by atoms with Crippen molar-refractivity contribution in [2.24, 2.45) is 10.8 Å². The third-order valence-corrected chi connectivity index (χ3v) is 6.16. The van der Waals surface area contributed by atoms with Gasteiger partial charge in [-0.25, -0.2) is 0 Å². The molecule has 0 spiro atoms. The molecule has 190 valence electrons. The summed E-state index contributed by atoms with van der Waals surface area (Å²) in [4.78, 5) is 23.2. The lowest BCUT2D eigenvalue weighted by Gasteiger charge is -2.32. The van der Waals surface area contributed by atoms with Gasteiger partial charge in [-0.1, -0.05) is 20.8 Å². The van der Waals surface area contributed by atoms with E-state index in [9.17, 15) is 35.9 Å². The van der Waals surface area contributed by atoms with Crippen LogP contribution in [0.4, 0.5) is 26.3 Å². The van der Waals surface area contributed by atoms with Crippen molar-refractivity contribution in [3.05, 3.63) is 0 Å². The molecule has 4 nitrogen and oxygen atoms in total. The first-order valence-corrected chi connectivity index (χ1v) is 10.9. The Kier molecular flexibility index (Phi) is 10.6. The molecule has 1 aliphatic carbocycles. The van der Waals surface area contributed by atoms with Gasteiger partial charge in [0.1, 0.15) is 5.60 Å². The fourth-order valence-electron chi connectivity index (χ4n) is 2.76. The summed E-state index contributed by atoms with van der Waals surface area (Å²) in [7, 11) is 0. The van der Waals surface area contributed by atoms with Crippen LogP contribution in [0, 0.1) is 10.8 Å². The molecule has 10 heteroatoms. The predicted molar refractivity (Wildman–Crippen MR) is 108 cm³/mol. The number of carbonyl (C=O) groups excluding carboxylic acids is 2. The van der Waals surface area contributed by atoms with Gasteiger partial charge in [-0.2, -0.15) is 26.3 Å². The van der Waals surface area contributed by atoms with E-state index in [-0.39, 0.29) is 23.4 Å². The van der Waals surface area contributed by atoms with Gasteiger partial charge in [0.2, 0.25) is 0 Å². The third-order valence-electron chi connectivity index (χ3n) is 6.16. The van der Waals surface area contributed by atoms with Crippen LogP contribution in [0.3, 0.4) is 0 Å². The van der Waals surface area contributed by atoms with Crippen LogP contribution in [0.1, 0.15) is 93.4 Å². The van der Waals surface area contributed by atoms with E-state index in [4.69, 9.17) is 4.74 Å². The molecule has 0 aromatic heterocycles. The SMILES string of the molecule is CCC(C)(C)C(=O)OC(C(F)(F)F)C(F)(F)F.CCC1(OC(=O)C(C)(C)CC)CCCC1. The average Bonchev–Trinajstić information content (AvgIpc) is 3.13. The molecular formula is C22H36F6O4. The minimum absolute atomic E-state index is 0.0197. The van der Waals surface area contributed by atoms with E-state index in [2.05, 4.69) is 11.7 Å². The van der Waals surface area contributed by atoms with E-state index >= 15 is 0 Å². The van der Waals surface area contributed by atoms with Gasteiger partial charge >= 0.3 is 24.3 Å². The van der Waals surface area contributed by atoms with Crippen LogP contribution in [0.25, 0.3) is 0 Å².